The van der Waals surface area contributed by atoms with Gasteiger partial charge in [0.05, 0.1) is 0 Å². The van der Waals surface area contributed by atoms with Crippen LogP contribution in [0.1, 0.15) is 44.6 Å². The maximum absolute atomic E-state index is 5.87. The number of aromatic nitrogens is 3. The molecule has 0 amide bonds. The molecule has 0 bridgehead atoms. The highest BCUT2D eigenvalue weighted by molar-refractivity contribution is 5.40. The third kappa shape index (κ3) is 2.80. The molecule has 1 fully saturated rings. The van der Waals surface area contributed by atoms with Gasteiger partial charge in [-0.25, -0.2) is 0 Å². The van der Waals surface area contributed by atoms with Crippen molar-refractivity contribution in [3.05, 3.63) is 29.7 Å². The molecular weight excluding hydrogens is 262 g/mol. The van der Waals surface area contributed by atoms with Crippen molar-refractivity contribution in [3.8, 4) is 0 Å². The number of fused-ring (bicyclic) bond motifs is 1. The van der Waals surface area contributed by atoms with E-state index in [0.29, 0.717) is 18.6 Å². The molecule has 0 aliphatic carbocycles. The zero-order chi connectivity index (χ0) is 14.8. The van der Waals surface area contributed by atoms with E-state index in [4.69, 9.17) is 5.73 Å². The molecule has 0 radical (unpaired) electrons. The lowest BCUT2D eigenvalue weighted by molar-refractivity contribution is 0.110. The lowest BCUT2D eigenvalue weighted by Crippen LogP contribution is -2.45. The Hall–Kier alpha value is -1.46. The Morgan fingerprint density at radius 1 is 1.29 bits per heavy atom. The van der Waals surface area contributed by atoms with Gasteiger partial charge >= 0.3 is 0 Å². The van der Waals surface area contributed by atoms with E-state index in [1.807, 2.05) is 12.1 Å². The van der Waals surface area contributed by atoms with Crippen LogP contribution in [0.2, 0.25) is 0 Å². The van der Waals surface area contributed by atoms with Crippen molar-refractivity contribution in [1.82, 2.24) is 19.5 Å². The van der Waals surface area contributed by atoms with E-state index in [1.54, 1.807) is 0 Å². The second kappa shape index (κ2) is 6.12. The van der Waals surface area contributed by atoms with Crippen LogP contribution in [0.3, 0.4) is 0 Å². The summed E-state index contributed by atoms with van der Waals surface area (Å²) >= 11 is 0. The van der Waals surface area contributed by atoms with E-state index < -0.39 is 0 Å². The first-order valence-electron chi connectivity index (χ1n) is 7.98. The Bertz CT molecular complexity index is 604. The van der Waals surface area contributed by atoms with Crippen LogP contribution >= 0.6 is 0 Å². The first kappa shape index (κ1) is 14.5. The number of piperidine rings is 1. The smallest absolute Gasteiger partial charge is 0.161 e. The van der Waals surface area contributed by atoms with Crippen LogP contribution in [-0.4, -0.2) is 38.1 Å². The third-order valence-electron chi connectivity index (χ3n) is 4.54. The number of hydrogen-bond donors (Lipinski definition) is 1. The molecule has 2 aromatic heterocycles. The minimum absolute atomic E-state index is 0.515. The SMILES string of the molecule is CC(C)N1CCCCC1Cc1nnc2cccc(CN)n12. The van der Waals surface area contributed by atoms with E-state index >= 15 is 0 Å². The number of nitrogens with two attached hydrogens (primary N) is 1. The van der Waals surface area contributed by atoms with E-state index in [9.17, 15) is 0 Å². The minimum atomic E-state index is 0.515. The molecule has 2 N–H and O–H groups in total. The molecule has 1 aliphatic heterocycles. The highest BCUT2D eigenvalue weighted by Gasteiger charge is 2.26. The fraction of sp³-hybridized carbons (Fsp3) is 0.625. The highest BCUT2D eigenvalue weighted by atomic mass is 15.3. The topological polar surface area (TPSA) is 59.5 Å². The Morgan fingerprint density at radius 3 is 2.90 bits per heavy atom. The standard InChI is InChI=1S/C16H25N5/c1-12(2)20-9-4-3-6-13(20)10-16-19-18-15-8-5-7-14(11-17)21(15)16/h5,7-8,12-13H,3-4,6,9-11,17H2,1-2H3. The summed E-state index contributed by atoms with van der Waals surface area (Å²) < 4.78 is 2.13. The number of hydrogen-bond acceptors (Lipinski definition) is 4. The normalized spacial score (nSPS) is 20.5. The van der Waals surface area contributed by atoms with Crippen molar-refractivity contribution >= 4 is 5.65 Å². The van der Waals surface area contributed by atoms with E-state index in [0.717, 1.165) is 23.6 Å². The van der Waals surface area contributed by atoms with Crippen LogP contribution in [0.4, 0.5) is 0 Å². The molecule has 1 saturated heterocycles. The molecule has 2 aromatic rings. The van der Waals surface area contributed by atoms with Gasteiger partial charge in [-0.1, -0.05) is 12.5 Å². The van der Waals surface area contributed by atoms with Gasteiger partial charge in [0.25, 0.3) is 0 Å². The molecule has 0 spiro atoms. The molecule has 21 heavy (non-hydrogen) atoms. The molecule has 0 saturated carbocycles. The van der Waals surface area contributed by atoms with Crippen LogP contribution < -0.4 is 5.73 Å². The van der Waals surface area contributed by atoms with Gasteiger partial charge in [-0.2, -0.15) is 0 Å². The Labute approximate surface area is 126 Å². The van der Waals surface area contributed by atoms with Crippen LogP contribution in [0.15, 0.2) is 18.2 Å². The predicted octanol–water partition coefficient (Wildman–Crippen LogP) is 1.99. The van der Waals surface area contributed by atoms with Gasteiger partial charge < -0.3 is 5.73 Å². The lowest BCUT2D eigenvalue weighted by Gasteiger charge is -2.38. The largest absolute Gasteiger partial charge is 0.325 e. The zero-order valence-corrected chi connectivity index (χ0v) is 13.0. The van der Waals surface area contributed by atoms with Gasteiger partial charge in [0.1, 0.15) is 5.82 Å². The van der Waals surface area contributed by atoms with Crippen molar-refractivity contribution in [2.45, 2.75) is 58.2 Å². The molecule has 114 valence electrons. The molecule has 1 atom stereocenters. The van der Waals surface area contributed by atoms with E-state index in [-0.39, 0.29) is 0 Å². The van der Waals surface area contributed by atoms with E-state index in [1.165, 1.54) is 25.8 Å². The van der Waals surface area contributed by atoms with Crippen molar-refractivity contribution in [3.63, 3.8) is 0 Å². The summed E-state index contributed by atoms with van der Waals surface area (Å²) in [5, 5.41) is 8.72. The van der Waals surface area contributed by atoms with Crippen molar-refractivity contribution in [2.24, 2.45) is 5.73 Å². The minimum Gasteiger partial charge on any atom is -0.325 e. The molecule has 0 aromatic carbocycles. The highest BCUT2D eigenvalue weighted by Crippen LogP contribution is 2.23. The zero-order valence-electron chi connectivity index (χ0n) is 13.0. The number of nitrogens with zero attached hydrogens (tertiary/aromatic N) is 4. The monoisotopic (exact) mass is 287 g/mol. The van der Waals surface area contributed by atoms with Gasteiger partial charge in [0, 0.05) is 30.7 Å². The fourth-order valence-electron chi connectivity index (χ4n) is 3.50. The maximum Gasteiger partial charge on any atom is 0.161 e. The molecule has 3 heterocycles. The first-order valence-corrected chi connectivity index (χ1v) is 7.98. The molecule has 5 heteroatoms. The molecule has 3 rings (SSSR count). The Kier molecular flexibility index (Phi) is 4.22. The van der Waals surface area contributed by atoms with Crippen molar-refractivity contribution < 1.29 is 0 Å². The summed E-state index contributed by atoms with van der Waals surface area (Å²) in [4.78, 5) is 2.61. The van der Waals surface area contributed by atoms with Crippen molar-refractivity contribution in [2.75, 3.05) is 6.54 Å². The van der Waals surface area contributed by atoms with E-state index in [2.05, 4.69) is 39.4 Å². The van der Waals surface area contributed by atoms with Crippen LogP contribution in [0, 0.1) is 0 Å². The summed E-state index contributed by atoms with van der Waals surface area (Å²) in [7, 11) is 0. The van der Waals surface area contributed by atoms with Gasteiger partial charge in [-0.15, -0.1) is 10.2 Å². The van der Waals surface area contributed by atoms with Gasteiger partial charge in [-0.3, -0.25) is 9.30 Å². The summed E-state index contributed by atoms with van der Waals surface area (Å²) in [6.45, 7) is 6.28. The quantitative estimate of drug-likeness (QED) is 0.934. The number of likely N-dealkylation sites (tertiary alicyclic amines) is 1. The van der Waals surface area contributed by atoms with Gasteiger partial charge in [0.2, 0.25) is 0 Å². The van der Waals surface area contributed by atoms with Crippen molar-refractivity contribution in [1.29, 1.82) is 0 Å². The Morgan fingerprint density at radius 2 is 2.14 bits per heavy atom. The molecule has 1 aliphatic rings. The van der Waals surface area contributed by atoms with Gasteiger partial charge in [-0.05, 0) is 45.4 Å². The average molecular weight is 287 g/mol. The third-order valence-corrected chi connectivity index (χ3v) is 4.54. The predicted molar refractivity (Wildman–Crippen MR) is 84.1 cm³/mol. The second-order valence-corrected chi connectivity index (χ2v) is 6.22. The average Bonchev–Trinajstić information content (AvgIpc) is 2.91. The molecular formula is C16H25N5. The van der Waals surface area contributed by atoms with Crippen LogP contribution in [0.5, 0.6) is 0 Å². The summed E-state index contributed by atoms with van der Waals surface area (Å²) in [5.74, 6) is 1.05. The Balaban J connectivity index is 1.90. The molecule has 5 nitrogen and oxygen atoms in total. The second-order valence-electron chi connectivity index (χ2n) is 6.22. The summed E-state index contributed by atoms with van der Waals surface area (Å²) in [5.41, 5.74) is 7.85. The van der Waals surface area contributed by atoms with Crippen LogP contribution in [-0.2, 0) is 13.0 Å². The summed E-state index contributed by atoms with van der Waals surface area (Å²) in [6.07, 6.45) is 4.83. The number of rotatable bonds is 4. The fourth-order valence-corrected chi connectivity index (χ4v) is 3.50. The summed E-state index contributed by atoms with van der Waals surface area (Å²) in [6, 6.07) is 7.20. The maximum atomic E-state index is 5.87. The van der Waals surface area contributed by atoms with Gasteiger partial charge in [0.15, 0.2) is 5.65 Å². The molecule has 1 unspecified atom stereocenters. The lowest BCUT2D eigenvalue weighted by atomic mass is 9.97. The number of pyridine rings is 1. The first-order chi connectivity index (χ1) is 10.2. The van der Waals surface area contributed by atoms with Crippen LogP contribution in [0.25, 0.3) is 5.65 Å².